The fraction of sp³-hybridized carbons (Fsp3) is 0.667. The molecule has 1 aromatic heterocycles. The molecule has 2 aliphatic heterocycles. The molecule has 1 spiro atoms. The van der Waals surface area contributed by atoms with Crippen molar-refractivity contribution in [3.63, 3.8) is 0 Å². The lowest BCUT2D eigenvalue weighted by Gasteiger charge is -2.44. The summed E-state index contributed by atoms with van der Waals surface area (Å²) in [5, 5.41) is 2.90. The van der Waals surface area contributed by atoms with E-state index in [2.05, 4.69) is 21.3 Å². The first-order valence-corrected chi connectivity index (χ1v) is 10.1. The molecule has 1 N–H and O–H groups in total. The molecule has 1 aromatic rings. The van der Waals surface area contributed by atoms with Gasteiger partial charge in [0.25, 0.3) is 0 Å². The second kappa shape index (κ2) is 6.89. The van der Waals surface area contributed by atoms with Gasteiger partial charge in [0.05, 0.1) is 11.1 Å². The van der Waals surface area contributed by atoms with Crippen molar-refractivity contribution in [3.05, 3.63) is 30.1 Å². The van der Waals surface area contributed by atoms with E-state index in [0.717, 1.165) is 57.6 Å². The van der Waals surface area contributed by atoms with E-state index in [1.807, 2.05) is 23.2 Å². The average Bonchev–Trinajstić information content (AvgIpc) is 3.22. The summed E-state index contributed by atoms with van der Waals surface area (Å²) in [6.07, 6.45) is 6.07. The van der Waals surface area contributed by atoms with Crippen LogP contribution in [0.15, 0.2) is 24.4 Å². The maximum atomic E-state index is 12.8. The number of carbonyl (C=O) groups is 2. The maximum Gasteiger partial charge on any atom is 0.228 e. The molecule has 0 radical (unpaired) electrons. The molecule has 0 bridgehead atoms. The van der Waals surface area contributed by atoms with Gasteiger partial charge in [-0.05, 0) is 62.2 Å². The smallest absolute Gasteiger partial charge is 0.228 e. The molecular weight excluding hydrogens is 340 g/mol. The number of amides is 2. The number of nitrogens with zero attached hydrogens (tertiary/aromatic N) is 3. The Hall–Kier alpha value is -1.95. The van der Waals surface area contributed by atoms with E-state index in [0.29, 0.717) is 6.54 Å². The predicted molar refractivity (Wildman–Crippen MR) is 103 cm³/mol. The van der Waals surface area contributed by atoms with Crippen LogP contribution < -0.4 is 5.32 Å². The van der Waals surface area contributed by atoms with Gasteiger partial charge < -0.3 is 10.2 Å². The van der Waals surface area contributed by atoms with E-state index in [4.69, 9.17) is 0 Å². The molecule has 2 saturated heterocycles. The first-order valence-electron chi connectivity index (χ1n) is 10.1. The van der Waals surface area contributed by atoms with Gasteiger partial charge in [-0.25, -0.2) is 0 Å². The van der Waals surface area contributed by atoms with Crippen molar-refractivity contribution < 1.29 is 9.59 Å². The highest BCUT2D eigenvalue weighted by atomic mass is 16.2. The van der Waals surface area contributed by atoms with Gasteiger partial charge in [0, 0.05) is 39.8 Å². The highest BCUT2D eigenvalue weighted by molar-refractivity contribution is 5.85. The summed E-state index contributed by atoms with van der Waals surface area (Å²) in [5.41, 5.74) is 0.921. The minimum absolute atomic E-state index is 0.0930. The number of pyridine rings is 1. The predicted octanol–water partition coefficient (Wildman–Crippen LogP) is 1.67. The molecule has 3 heterocycles. The Bertz CT molecular complexity index is 714. The number of piperidine rings is 1. The van der Waals surface area contributed by atoms with Gasteiger partial charge in [0.2, 0.25) is 11.8 Å². The molecule has 2 atom stereocenters. The van der Waals surface area contributed by atoms with Crippen LogP contribution in [0.4, 0.5) is 0 Å². The monoisotopic (exact) mass is 370 g/mol. The standard InChI is InChI=1S/C21H30N4O2/c1-16(26)25-14-18-20(6-7-21(18,15-25)19(27)22-2)8-11-24(12-9-20)13-17-5-3-4-10-23-17/h3-5,10,18H,6-9,11-15H2,1-2H3,(H,22,27)/t18-,21+/m0/s1. The third kappa shape index (κ3) is 3.04. The van der Waals surface area contributed by atoms with E-state index >= 15 is 0 Å². The third-order valence-corrected chi connectivity index (χ3v) is 7.44. The number of likely N-dealkylation sites (tertiary alicyclic amines) is 2. The Labute approximate surface area is 161 Å². The van der Waals surface area contributed by atoms with Crippen LogP contribution in [-0.2, 0) is 16.1 Å². The van der Waals surface area contributed by atoms with Crippen molar-refractivity contribution in [2.45, 2.75) is 39.2 Å². The second-order valence-electron chi connectivity index (χ2n) is 8.65. The molecule has 0 aromatic carbocycles. The summed E-state index contributed by atoms with van der Waals surface area (Å²) in [4.78, 5) is 33.7. The minimum Gasteiger partial charge on any atom is -0.359 e. The second-order valence-corrected chi connectivity index (χ2v) is 8.65. The van der Waals surface area contributed by atoms with Gasteiger partial charge >= 0.3 is 0 Å². The molecular formula is C21H30N4O2. The highest BCUT2D eigenvalue weighted by Crippen LogP contribution is 2.62. The summed E-state index contributed by atoms with van der Waals surface area (Å²) < 4.78 is 0. The Morgan fingerprint density at radius 2 is 2.00 bits per heavy atom. The molecule has 27 heavy (non-hydrogen) atoms. The van der Waals surface area contributed by atoms with Crippen LogP contribution in [0.2, 0.25) is 0 Å². The van der Waals surface area contributed by atoms with E-state index in [-0.39, 0.29) is 28.6 Å². The maximum absolute atomic E-state index is 12.8. The van der Waals surface area contributed by atoms with Crippen LogP contribution in [0, 0.1) is 16.7 Å². The molecule has 6 heteroatoms. The van der Waals surface area contributed by atoms with Gasteiger partial charge in [-0.1, -0.05) is 6.07 Å². The zero-order valence-electron chi connectivity index (χ0n) is 16.4. The van der Waals surface area contributed by atoms with Crippen LogP contribution in [0.5, 0.6) is 0 Å². The lowest BCUT2D eigenvalue weighted by molar-refractivity contribution is -0.133. The summed E-state index contributed by atoms with van der Waals surface area (Å²) in [7, 11) is 1.73. The van der Waals surface area contributed by atoms with Crippen LogP contribution in [0.3, 0.4) is 0 Å². The van der Waals surface area contributed by atoms with E-state index in [9.17, 15) is 9.59 Å². The van der Waals surface area contributed by atoms with Gasteiger partial charge in [-0.2, -0.15) is 0 Å². The lowest BCUT2D eigenvalue weighted by atomic mass is 9.65. The zero-order chi connectivity index (χ0) is 19.1. The van der Waals surface area contributed by atoms with Crippen molar-refractivity contribution >= 4 is 11.8 Å². The number of aromatic nitrogens is 1. The lowest BCUT2D eigenvalue weighted by Crippen LogP contribution is -2.48. The highest BCUT2D eigenvalue weighted by Gasteiger charge is 2.64. The van der Waals surface area contributed by atoms with Crippen LogP contribution in [0.25, 0.3) is 0 Å². The number of hydrogen-bond donors (Lipinski definition) is 1. The van der Waals surface area contributed by atoms with Crippen molar-refractivity contribution in [1.82, 2.24) is 20.1 Å². The van der Waals surface area contributed by atoms with E-state index in [1.54, 1.807) is 14.0 Å². The number of fused-ring (bicyclic) bond motifs is 2. The Morgan fingerprint density at radius 3 is 2.63 bits per heavy atom. The SMILES string of the molecule is CNC(=O)[C@@]12CCC3(CCN(Cc4ccccn4)CC3)[C@@H]1CN(C(C)=O)C2. The van der Waals surface area contributed by atoms with Crippen LogP contribution in [0.1, 0.15) is 38.3 Å². The molecule has 1 saturated carbocycles. The van der Waals surface area contributed by atoms with Gasteiger partial charge in [0.1, 0.15) is 0 Å². The largest absolute Gasteiger partial charge is 0.359 e. The van der Waals surface area contributed by atoms with Crippen LogP contribution in [-0.4, -0.2) is 59.8 Å². The molecule has 2 amide bonds. The molecule has 146 valence electrons. The fourth-order valence-corrected chi connectivity index (χ4v) is 5.90. The number of carbonyl (C=O) groups excluding carboxylic acids is 2. The molecule has 6 nitrogen and oxygen atoms in total. The normalized spacial score (nSPS) is 29.7. The molecule has 3 fully saturated rings. The number of rotatable bonds is 3. The zero-order valence-corrected chi connectivity index (χ0v) is 16.4. The van der Waals surface area contributed by atoms with Crippen LogP contribution >= 0.6 is 0 Å². The number of nitrogens with one attached hydrogen (secondary N) is 1. The Balaban J connectivity index is 1.49. The summed E-state index contributed by atoms with van der Waals surface area (Å²) in [5.74, 6) is 0.505. The third-order valence-electron chi connectivity index (χ3n) is 7.44. The average molecular weight is 370 g/mol. The van der Waals surface area contributed by atoms with Crippen molar-refractivity contribution in [3.8, 4) is 0 Å². The molecule has 4 rings (SSSR count). The van der Waals surface area contributed by atoms with Gasteiger partial charge in [-0.3, -0.25) is 19.5 Å². The topological polar surface area (TPSA) is 65.5 Å². The van der Waals surface area contributed by atoms with E-state index < -0.39 is 0 Å². The molecule has 3 aliphatic rings. The molecule has 1 aliphatic carbocycles. The first-order chi connectivity index (χ1) is 13.0. The van der Waals surface area contributed by atoms with Crippen molar-refractivity contribution in [1.29, 1.82) is 0 Å². The molecule has 0 unspecified atom stereocenters. The summed E-state index contributed by atoms with van der Waals surface area (Å²) >= 11 is 0. The Morgan fingerprint density at radius 1 is 1.22 bits per heavy atom. The Kier molecular flexibility index (Phi) is 4.70. The van der Waals surface area contributed by atoms with Gasteiger partial charge in [0.15, 0.2) is 0 Å². The quantitative estimate of drug-likeness (QED) is 0.879. The first kappa shape index (κ1) is 18.4. The minimum atomic E-state index is -0.385. The van der Waals surface area contributed by atoms with Gasteiger partial charge in [-0.15, -0.1) is 0 Å². The fourth-order valence-electron chi connectivity index (χ4n) is 5.90. The summed E-state index contributed by atoms with van der Waals surface area (Å²) in [6.45, 7) is 5.92. The summed E-state index contributed by atoms with van der Waals surface area (Å²) in [6, 6.07) is 6.07. The number of hydrogen-bond acceptors (Lipinski definition) is 4. The van der Waals surface area contributed by atoms with Crippen molar-refractivity contribution in [2.75, 3.05) is 33.2 Å². The van der Waals surface area contributed by atoms with Crippen molar-refractivity contribution in [2.24, 2.45) is 16.7 Å². The van der Waals surface area contributed by atoms with E-state index in [1.165, 1.54) is 0 Å².